The lowest BCUT2D eigenvalue weighted by molar-refractivity contribution is -0.137. The van der Waals surface area contributed by atoms with Crippen LogP contribution in [0, 0.1) is 0 Å². The highest BCUT2D eigenvalue weighted by atomic mass is 79.9. The van der Waals surface area contributed by atoms with E-state index in [-0.39, 0.29) is 37.9 Å². The molecule has 4 aromatic carbocycles. The van der Waals surface area contributed by atoms with Crippen molar-refractivity contribution in [3.63, 3.8) is 0 Å². The van der Waals surface area contributed by atoms with Gasteiger partial charge in [0.25, 0.3) is 5.91 Å². The summed E-state index contributed by atoms with van der Waals surface area (Å²) < 4.78 is 6.17. The number of hydrogen-bond acceptors (Lipinski definition) is 4. The van der Waals surface area contributed by atoms with Crippen LogP contribution in [-0.2, 0) is 16.1 Å². The Bertz CT molecular complexity index is 1510. The smallest absolute Gasteiger partial charge is 0.411 e. The van der Waals surface area contributed by atoms with Crippen molar-refractivity contribution < 1.29 is 24.2 Å². The van der Waals surface area contributed by atoms with Crippen molar-refractivity contribution in [2.24, 2.45) is 0 Å². The lowest BCUT2D eigenvalue weighted by Gasteiger charge is -2.23. The second kappa shape index (κ2) is 12.2. The number of benzene rings is 4. The first-order valence-corrected chi connectivity index (χ1v) is 13.7. The van der Waals surface area contributed by atoms with Crippen molar-refractivity contribution in [1.29, 1.82) is 0 Å². The van der Waals surface area contributed by atoms with Crippen LogP contribution in [0.1, 0.15) is 39.4 Å². The third-order valence-electron chi connectivity index (χ3n) is 6.89. The van der Waals surface area contributed by atoms with Gasteiger partial charge in [0.1, 0.15) is 6.61 Å². The Morgan fingerprint density at radius 2 is 1.48 bits per heavy atom. The lowest BCUT2D eigenvalue weighted by Crippen LogP contribution is -2.33. The number of anilines is 1. The van der Waals surface area contributed by atoms with Crippen LogP contribution in [0.3, 0.4) is 0 Å². The molecule has 0 fully saturated rings. The van der Waals surface area contributed by atoms with E-state index in [9.17, 15) is 19.5 Å². The number of carbonyl (C=O) groups excluding carboxylic acids is 2. The molecule has 202 valence electrons. The van der Waals surface area contributed by atoms with E-state index in [1.54, 1.807) is 18.2 Å². The summed E-state index contributed by atoms with van der Waals surface area (Å²) in [6.07, 6.45) is -0.817. The number of amides is 2. The molecule has 4 aromatic rings. The molecule has 2 N–H and O–H groups in total. The maximum absolute atomic E-state index is 13.5. The molecular weight excluding hydrogens is 572 g/mol. The van der Waals surface area contributed by atoms with Crippen LogP contribution >= 0.6 is 15.9 Å². The van der Waals surface area contributed by atoms with Gasteiger partial charge in [-0.25, -0.2) is 4.79 Å². The molecule has 40 heavy (non-hydrogen) atoms. The Morgan fingerprint density at radius 1 is 0.850 bits per heavy atom. The largest absolute Gasteiger partial charge is 0.481 e. The summed E-state index contributed by atoms with van der Waals surface area (Å²) >= 11 is 3.43. The van der Waals surface area contributed by atoms with Crippen LogP contribution in [0.5, 0.6) is 0 Å². The normalized spacial score (nSPS) is 11.8. The Balaban J connectivity index is 1.28. The lowest BCUT2D eigenvalue weighted by atomic mass is 9.98. The van der Waals surface area contributed by atoms with E-state index >= 15 is 0 Å². The van der Waals surface area contributed by atoms with Gasteiger partial charge < -0.3 is 14.7 Å². The van der Waals surface area contributed by atoms with Crippen LogP contribution in [-0.4, -0.2) is 41.1 Å². The molecule has 0 unspecified atom stereocenters. The van der Waals surface area contributed by atoms with Crippen LogP contribution in [0.15, 0.2) is 102 Å². The molecule has 0 heterocycles. The van der Waals surface area contributed by atoms with Crippen LogP contribution in [0.4, 0.5) is 10.5 Å². The maximum Gasteiger partial charge on any atom is 0.411 e. The van der Waals surface area contributed by atoms with Gasteiger partial charge in [-0.3, -0.25) is 14.9 Å². The third kappa shape index (κ3) is 6.07. The molecule has 0 spiro atoms. The molecule has 0 saturated carbocycles. The minimum absolute atomic E-state index is 0.0412. The summed E-state index contributed by atoms with van der Waals surface area (Å²) in [4.78, 5) is 39.0. The number of rotatable bonds is 9. The Labute approximate surface area is 240 Å². The topological polar surface area (TPSA) is 95.9 Å². The van der Waals surface area contributed by atoms with E-state index in [0.29, 0.717) is 15.7 Å². The fourth-order valence-electron chi connectivity index (χ4n) is 4.98. The number of nitrogens with one attached hydrogen (secondary N) is 1. The van der Waals surface area contributed by atoms with Gasteiger partial charge in [0, 0.05) is 29.2 Å². The molecule has 1 aliphatic carbocycles. The number of halogens is 1. The number of aliphatic carboxylic acids is 1. The van der Waals surface area contributed by atoms with Crippen molar-refractivity contribution in [1.82, 2.24) is 4.90 Å². The number of ether oxygens (including phenoxy) is 1. The van der Waals surface area contributed by atoms with E-state index in [4.69, 9.17) is 4.74 Å². The van der Waals surface area contributed by atoms with E-state index in [1.807, 2.05) is 54.6 Å². The first kappa shape index (κ1) is 27.1. The quantitative estimate of drug-likeness (QED) is 0.218. The van der Waals surface area contributed by atoms with Crippen molar-refractivity contribution >= 4 is 39.6 Å². The zero-order chi connectivity index (χ0) is 28.1. The Morgan fingerprint density at radius 3 is 2.12 bits per heavy atom. The molecule has 1 aliphatic rings. The second-order valence-electron chi connectivity index (χ2n) is 9.50. The molecule has 2 amide bonds. The van der Waals surface area contributed by atoms with Crippen LogP contribution in [0.25, 0.3) is 11.1 Å². The van der Waals surface area contributed by atoms with Gasteiger partial charge in [0.15, 0.2) is 0 Å². The predicted octanol–water partition coefficient (Wildman–Crippen LogP) is 6.93. The maximum atomic E-state index is 13.5. The minimum atomic E-state index is -0.990. The van der Waals surface area contributed by atoms with Crippen LogP contribution < -0.4 is 5.32 Å². The number of carboxylic acid groups (broad SMARTS) is 1. The molecule has 0 aliphatic heterocycles. The minimum Gasteiger partial charge on any atom is -0.481 e. The van der Waals surface area contributed by atoms with Crippen LogP contribution in [0.2, 0.25) is 0 Å². The third-order valence-corrected chi connectivity index (χ3v) is 7.58. The van der Waals surface area contributed by atoms with E-state index in [1.165, 1.54) is 4.90 Å². The van der Waals surface area contributed by atoms with Crippen molar-refractivity contribution in [2.75, 3.05) is 18.5 Å². The van der Waals surface area contributed by atoms with Gasteiger partial charge in [-0.05, 0) is 61.9 Å². The number of hydrogen-bond donors (Lipinski definition) is 2. The molecular formula is C32H27BrN2O5. The summed E-state index contributed by atoms with van der Waals surface area (Å²) in [6.45, 7) is 0.463. The zero-order valence-corrected chi connectivity index (χ0v) is 23.1. The second-order valence-corrected chi connectivity index (χ2v) is 10.4. The predicted molar refractivity (Wildman–Crippen MR) is 156 cm³/mol. The number of carbonyl (C=O) groups is 3. The van der Waals surface area contributed by atoms with Gasteiger partial charge in [-0.15, -0.1) is 0 Å². The average Bonchev–Trinajstić information content (AvgIpc) is 3.29. The van der Waals surface area contributed by atoms with Gasteiger partial charge in [0.05, 0.1) is 12.0 Å². The van der Waals surface area contributed by atoms with E-state index in [2.05, 4.69) is 45.5 Å². The highest BCUT2D eigenvalue weighted by Gasteiger charge is 2.29. The average molecular weight is 599 g/mol. The zero-order valence-electron chi connectivity index (χ0n) is 21.5. The van der Waals surface area contributed by atoms with E-state index in [0.717, 1.165) is 27.8 Å². The number of fused-ring (bicyclic) bond motifs is 3. The Kier molecular flexibility index (Phi) is 8.26. The van der Waals surface area contributed by atoms with Gasteiger partial charge in [0.2, 0.25) is 0 Å². The molecule has 0 bridgehead atoms. The molecule has 8 heteroatoms. The first-order chi connectivity index (χ1) is 19.4. The first-order valence-electron chi connectivity index (χ1n) is 12.9. The summed E-state index contributed by atoms with van der Waals surface area (Å²) in [7, 11) is 0. The fourth-order valence-corrected chi connectivity index (χ4v) is 5.39. The highest BCUT2D eigenvalue weighted by Crippen LogP contribution is 2.44. The van der Waals surface area contributed by atoms with Gasteiger partial charge in [-0.2, -0.15) is 0 Å². The summed E-state index contributed by atoms with van der Waals surface area (Å²) in [5.74, 6) is -1.41. The van der Waals surface area contributed by atoms with Gasteiger partial charge in [-0.1, -0.05) is 78.9 Å². The Hall–Kier alpha value is -4.43. The molecule has 0 atom stereocenters. The molecule has 0 aromatic heterocycles. The number of carboxylic acids is 1. The summed E-state index contributed by atoms with van der Waals surface area (Å²) in [5.41, 5.74) is 6.10. The fraction of sp³-hybridized carbons (Fsp3) is 0.156. The summed E-state index contributed by atoms with van der Waals surface area (Å²) in [6, 6.07) is 30.5. The van der Waals surface area contributed by atoms with E-state index < -0.39 is 12.1 Å². The standard InChI is InChI=1S/C32H27BrN2O5/c33-29-15-14-22(18-27(29)31(38)35(17-16-30(36)37)19-21-8-2-1-3-9-21)34-32(39)40-20-28-25-12-6-4-10-23(25)24-11-5-7-13-26(24)28/h1-15,18,28H,16-17,19-20H2,(H,34,39)(H,36,37). The molecule has 5 rings (SSSR count). The van der Waals surface area contributed by atoms with Crippen molar-refractivity contribution in [2.45, 2.75) is 18.9 Å². The molecule has 0 radical (unpaired) electrons. The SMILES string of the molecule is O=C(O)CCN(Cc1ccccc1)C(=O)c1cc(NC(=O)OCC2c3ccccc3-c3ccccc32)ccc1Br. The molecule has 0 saturated heterocycles. The highest BCUT2D eigenvalue weighted by molar-refractivity contribution is 9.10. The monoisotopic (exact) mass is 598 g/mol. The molecule has 7 nitrogen and oxygen atoms in total. The van der Waals surface area contributed by atoms with Gasteiger partial charge >= 0.3 is 12.1 Å². The summed E-state index contributed by atoms with van der Waals surface area (Å²) in [5, 5.41) is 11.9. The number of nitrogens with zero attached hydrogens (tertiary/aromatic N) is 1. The van der Waals surface area contributed by atoms with Crippen molar-refractivity contribution in [3.8, 4) is 11.1 Å². The van der Waals surface area contributed by atoms with Crippen molar-refractivity contribution in [3.05, 3.63) is 124 Å².